The molecule has 1 aliphatic rings. The lowest BCUT2D eigenvalue weighted by Gasteiger charge is -2.47. The van der Waals surface area contributed by atoms with Crippen molar-refractivity contribution in [3.8, 4) is 0 Å². The van der Waals surface area contributed by atoms with Gasteiger partial charge in [-0.15, -0.1) is 0 Å². The van der Waals surface area contributed by atoms with Gasteiger partial charge in [-0.2, -0.15) is 0 Å². The summed E-state index contributed by atoms with van der Waals surface area (Å²) in [7, 11) is -3.70. The molecule has 0 aromatic heterocycles. The zero-order valence-electron chi connectivity index (χ0n) is 16.5. The number of carbonyl (C=O) groups excluding carboxylic acids is 1. The molecule has 0 aliphatic carbocycles. The minimum absolute atomic E-state index is 0.0185. The second kappa shape index (κ2) is 6.06. The molecule has 0 aromatic carbocycles. The second-order valence-corrected chi connectivity index (χ2v) is 19.8. The fourth-order valence-corrected chi connectivity index (χ4v) is 6.12. The van der Waals surface area contributed by atoms with Crippen LogP contribution in [0.4, 0.5) is 0 Å². The van der Waals surface area contributed by atoms with Crippen molar-refractivity contribution in [2.75, 3.05) is 6.54 Å². The van der Waals surface area contributed by atoms with Crippen molar-refractivity contribution < 1.29 is 9.22 Å². The van der Waals surface area contributed by atoms with E-state index in [1.54, 1.807) is 0 Å². The summed E-state index contributed by atoms with van der Waals surface area (Å²) in [5, 5.41) is 0.329. The average molecular weight is 344 g/mol. The van der Waals surface area contributed by atoms with Crippen molar-refractivity contribution in [2.24, 2.45) is 0 Å². The Kier molecular flexibility index (Phi) is 5.48. The van der Waals surface area contributed by atoms with Gasteiger partial charge < -0.3 is 8.99 Å². The molecule has 0 bridgehead atoms. The molecule has 0 amide bonds. The highest BCUT2D eigenvalue weighted by molar-refractivity contribution is 6.78. The van der Waals surface area contributed by atoms with Crippen LogP contribution in [0.15, 0.2) is 0 Å². The van der Waals surface area contributed by atoms with Gasteiger partial charge in [-0.25, -0.2) is 0 Å². The van der Waals surface area contributed by atoms with Crippen LogP contribution in [-0.4, -0.2) is 39.7 Å². The van der Waals surface area contributed by atoms with Gasteiger partial charge >= 0.3 is 5.97 Å². The van der Waals surface area contributed by atoms with E-state index in [1.807, 2.05) is 0 Å². The maximum atomic E-state index is 12.9. The van der Waals surface area contributed by atoms with Crippen LogP contribution in [-0.2, 0) is 9.22 Å². The first-order valence-corrected chi connectivity index (χ1v) is 14.5. The number of rotatable bonds is 3. The Morgan fingerprint density at radius 3 is 1.91 bits per heavy atom. The largest absolute Gasteiger partial charge is 0.518 e. The SMILES string of the molecule is CC(C)(C)[Si](C)(C)OC(=O)[C@@H]1CCCN1[Si](C)(C)C(C)(C)C. The van der Waals surface area contributed by atoms with Crippen LogP contribution in [0.5, 0.6) is 0 Å². The fraction of sp³-hybridized carbons (Fsp3) is 0.941. The normalized spacial score (nSPS) is 22.0. The molecule has 3 nitrogen and oxygen atoms in total. The van der Waals surface area contributed by atoms with E-state index in [2.05, 4.69) is 72.3 Å². The van der Waals surface area contributed by atoms with Crippen LogP contribution in [0.3, 0.4) is 0 Å². The molecular formula is C17H37NO2Si2. The summed E-state index contributed by atoms with van der Waals surface area (Å²) >= 11 is 0. The number of hydrogen-bond donors (Lipinski definition) is 0. The zero-order valence-corrected chi connectivity index (χ0v) is 18.5. The summed E-state index contributed by atoms with van der Waals surface area (Å²) in [6, 6.07) is -0.0185. The van der Waals surface area contributed by atoms with E-state index in [9.17, 15) is 4.79 Å². The Labute approximate surface area is 140 Å². The molecule has 0 aromatic rings. The molecule has 1 fully saturated rings. The lowest BCUT2D eigenvalue weighted by molar-refractivity contribution is -0.139. The van der Waals surface area contributed by atoms with Crippen LogP contribution < -0.4 is 0 Å². The smallest absolute Gasteiger partial charge is 0.309 e. The highest BCUT2D eigenvalue weighted by Gasteiger charge is 2.49. The molecule has 1 heterocycles. The van der Waals surface area contributed by atoms with Crippen molar-refractivity contribution in [3.63, 3.8) is 0 Å². The number of carbonyl (C=O) groups is 1. The van der Waals surface area contributed by atoms with E-state index in [1.165, 1.54) is 0 Å². The fourth-order valence-electron chi connectivity index (χ4n) is 2.58. The van der Waals surface area contributed by atoms with Crippen LogP contribution >= 0.6 is 0 Å². The molecule has 0 spiro atoms. The van der Waals surface area contributed by atoms with E-state index in [0.29, 0.717) is 0 Å². The predicted molar refractivity (Wildman–Crippen MR) is 100 cm³/mol. The van der Waals surface area contributed by atoms with Gasteiger partial charge in [-0.05, 0) is 42.6 Å². The molecule has 5 heteroatoms. The van der Waals surface area contributed by atoms with Gasteiger partial charge in [0.05, 0.1) is 0 Å². The maximum absolute atomic E-state index is 12.9. The Morgan fingerprint density at radius 2 is 1.50 bits per heavy atom. The van der Waals surface area contributed by atoms with E-state index in [-0.39, 0.29) is 22.1 Å². The van der Waals surface area contributed by atoms with E-state index in [0.717, 1.165) is 19.4 Å². The second-order valence-electron chi connectivity index (χ2n) is 9.84. The van der Waals surface area contributed by atoms with Gasteiger partial charge in [0.15, 0.2) is 0 Å². The average Bonchev–Trinajstić information content (AvgIpc) is 2.74. The molecule has 1 rings (SSSR count). The Hall–Kier alpha value is -0.136. The lowest BCUT2D eigenvalue weighted by Crippen LogP contribution is -2.59. The van der Waals surface area contributed by atoms with E-state index in [4.69, 9.17) is 4.43 Å². The molecule has 0 radical (unpaired) electrons. The Morgan fingerprint density at radius 1 is 1.00 bits per heavy atom. The van der Waals surface area contributed by atoms with Gasteiger partial charge in [0.25, 0.3) is 8.32 Å². The van der Waals surface area contributed by atoms with Crippen LogP contribution in [0.25, 0.3) is 0 Å². The first-order valence-electron chi connectivity index (χ1n) is 8.61. The summed E-state index contributed by atoms with van der Waals surface area (Å²) in [5.74, 6) is 0.0360. The minimum atomic E-state index is -2.03. The van der Waals surface area contributed by atoms with E-state index < -0.39 is 16.6 Å². The summed E-state index contributed by atoms with van der Waals surface area (Å²) in [5.41, 5.74) is 0. The molecule has 0 saturated carbocycles. The van der Waals surface area contributed by atoms with Gasteiger partial charge in [0.1, 0.15) is 14.3 Å². The molecule has 0 unspecified atom stereocenters. The number of hydrogen-bond acceptors (Lipinski definition) is 3. The summed E-state index contributed by atoms with van der Waals surface area (Å²) in [6.45, 7) is 23.7. The molecule has 130 valence electrons. The first kappa shape index (κ1) is 19.9. The molecule has 1 saturated heterocycles. The molecule has 1 aliphatic heterocycles. The summed E-state index contributed by atoms with van der Waals surface area (Å²) in [6.07, 6.45) is 2.07. The zero-order chi connectivity index (χ0) is 17.6. The maximum Gasteiger partial charge on any atom is 0.309 e. The third-order valence-electron chi connectivity index (χ3n) is 6.24. The van der Waals surface area contributed by atoms with Gasteiger partial charge in [0, 0.05) is 0 Å². The quantitative estimate of drug-likeness (QED) is 0.675. The van der Waals surface area contributed by atoms with Crippen LogP contribution in [0.2, 0.25) is 36.3 Å². The van der Waals surface area contributed by atoms with Crippen LogP contribution in [0.1, 0.15) is 54.4 Å². The predicted octanol–water partition coefficient (Wildman–Crippen LogP) is 5.00. The van der Waals surface area contributed by atoms with Gasteiger partial charge in [-0.1, -0.05) is 54.6 Å². The summed E-state index contributed by atoms with van der Waals surface area (Å²) in [4.78, 5) is 12.9. The van der Waals surface area contributed by atoms with Crippen molar-refractivity contribution in [2.45, 2.75) is 96.7 Å². The van der Waals surface area contributed by atoms with Crippen molar-refractivity contribution >= 4 is 22.5 Å². The number of nitrogens with zero attached hydrogens (tertiary/aromatic N) is 1. The van der Waals surface area contributed by atoms with Crippen LogP contribution in [0, 0.1) is 0 Å². The van der Waals surface area contributed by atoms with Crippen molar-refractivity contribution in [1.29, 1.82) is 0 Å². The Balaban J connectivity index is 2.95. The third-order valence-corrected chi connectivity index (χ3v) is 16.2. The molecule has 1 atom stereocenters. The third kappa shape index (κ3) is 3.85. The first-order chi connectivity index (χ1) is 9.61. The highest BCUT2D eigenvalue weighted by Crippen LogP contribution is 2.42. The topological polar surface area (TPSA) is 29.5 Å². The van der Waals surface area contributed by atoms with Crippen molar-refractivity contribution in [1.82, 2.24) is 4.57 Å². The monoisotopic (exact) mass is 343 g/mol. The molecule has 22 heavy (non-hydrogen) atoms. The van der Waals surface area contributed by atoms with Gasteiger partial charge in [0.2, 0.25) is 0 Å². The molecule has 0 N–H and O–H groups in total. The Bertz CT molecular complexity index is 419. The standard InChI is InChI=1S/C17H37NO2Si2/c1-16(2,3)21(7,8)18-13-11-12-14(18)15(19)20-22(9,10)17(4,5)6/h14H,11-13H2,1-10H3/t14-/m0/s1. The highest BCUT2D eigenvalue weighted by atomic mass is 28.4. The lowest BCUT2D eigenvalue weighted by atomic mass is 10.2. The summed E-state index contributed by atoms with van der Waals surface area (Å²) < 4.78 is 8.62. The van der Waals surface area contributed by atoms with Crippen molar-refractivity contribution in [3.05, 3.63) is 0 Å². The van der Waals surface area contributed by atoms with Gasteiger partial charge in [-0.3, -0.25) is 4.79 Å². The molecular weight excluding hydrogens is 306 g/mol. The minimum Gasteiger partial charge on any atom is -0.518 e. The van der Waals surface area contributed by atoms with E-state index >= 15 is 0 Å².